The molecule has 2 amide bonds. The molecule has 0 aliphatic rings. The van der Waals surface area contributed by atoms with Crippen LogP contribution < -0.4 is 10.1 Å². The van der Waals surface area contributed by atoms with Crippen molar-refractivity contribution in [3.8, 4) is 5.75 Å². The van der Waals surface area contributed by atoms with Gasteiger partial charge in [0.15, 0.2) is 0 Å². The Morgan fingerprint density at radius 3 is 2.30 bits per heavy atom. The van der Waals surface area contributed by atoms with Crippen LogP contribution in [0.3, 0.4) is 0 Å². The number of thioether (sulfide) groups is 1. The Bertz CT molecular complexity index is 842. The van der Waals surface area contributed by atoms with Crippen molar-refractivity contribution >= 4 is 46.8 Å². The number of carbonyl (C=O) groups is 2. The van der Waals surface area contributed by atoms with Crippen molar-refractivity contribution < 1.29 is 14.3 Å². The van der Waals surface area contributed by atoms with E-state index in [9.17, 15) is 9.59 Å². The summed E-state index contributed by atoms with van der Waals surface area (Å²) < 4.78 is 5.16. The second-order valence-corrected chi connectivity index (χ2v) is 8.40. The summed E-state index contributed by atoms with van der Waals surface area (Å²) in [6, 6.07) is 12.3. The van der Waals surface area contributed by atoms with E-state index in [0.29, 0.717) is 27.8 Å². The van der Waals surface area contributed by atoms with Crippen molar-refractivity contribution in [1.29, 1.82) is 0 Å². The molecule has 1 atom stereocenters. The van der Waals surface area contributed by atoms with Crippen LogP contribution in [0.5, 0.6) is 5.75 Å². The van der Waals surface area contributed by atoms with Gasteiger partial charge in [0, 0.05) is 35.0 Å². The average molecular weight is 469 g/mol. The quantitative estimate of drug-likeness (QED) is 0.544. The van der Waals surface area contributed by atoms with Crippen LogP contribution in [-0.4, -0.2) is 42.7 Å². The summed E-state index contributed by atoms with van der Waals surface area (Å²) in [5, 5.41) is 3.58. The number of nitrogens with one attached hydrogen (secondary N) is 1. The van der Waals surface area contributed by atoms with Crippen LogP contribution in [0.15, 0.2) is 42.5 Å². The third-order valence-electron chi connectivity index (χ3n) is 4.68. The van der Waals surface area contributed by atoms with E-state index in [1.165, 1.54) is 11.8 Å². The van der Waals surface area contributed by atoms with Crippen LogP contribution >= 0.6 is 35.0 Å². The zero-order chi connectivity index (χ0) is 22.1. The average Bonchev–Trinajstić information content (AvgIpc) is 2.75. The summed E-state index contributed by atoms with van der Waals surface area (Å²) >= 11 is 14.1. The lowest BCUT2D eigenvalue weighted by Gasteiger charge is -2.30. The van der Waals surface area contributed by atoms with Gasteiger partial charge in [0.1, 0.15) is 11.8 Å². The highest BCUT2D eigenvalue weighted by molar-refractivity contribution is 7.99. The molecule has 5 nitrogen and oxygen atoms in total. The number of hydrogen-bond donors (Lipinski definition) is 1. The third-order valence-corrected chi connectivity index (χ3v) is 6.37. The van der Waals surface area contributed by atoms with Crippen molar-refractivity contribution in [2.45, 2.75) is 31.7 Å². The highest BCUT2D eigenvalue weighted by Crippen LogP contribution is 2.27. The fourth-order valence-electron chi connectivity index (χ4n) is 3.00. The first-order valence-corrected chi connectivity index (χ1v) is 11.5. The zero-order valence-corrected chi connectivity index (χ0v) is 19.6. The van der Waals surface area contributed by atoms with Crippen molar-refractivity contribution in [3.63, 3.8) is 0 Å². The SMILES string of the molecule is CC[C@@H](C(=O)NC)N(Cc1c(Cl)cccc1Cl)C(=O)CSCc1ccc(OC)cc1. The molecule has 0 fully saturated rings. The molecule has 0 aromatic heterocycles. The van der Waals surface area contributed by atoms with Crippen LogP contribution in [0.4, 0.5) is 0 Å². The summed E-state index contributed by atoms with van der Waals surface area (Å²) in [7, 11) is 3.19. The predicted molar refractivity (Wildman–Crippen MR) is 124 cm³/mol. The summed E-state index contributed by atoms with van der Waals surface area (Å²) in [4.78, 5) is 27.1. The molecule has 0 radical (unpaired) electrons. The zero-order valence-electron chi connectivity index (χ0n) is 17.3. The first-order chi connectivity index (χ1) is 14.4. The Balaban J connectivity index is 2.13. The molecule has 1 N–H and O–H groups in total. The number of amides is 2. The number of likely N-dealkylation sites (N-methyl/N-ethyl adjacent to an activating group) is 1. The van der Waals surface area contributed by atoms with Gasteiger partial charge in [0.2, 0.25) is 11.8 Å². The molecule has 8 heteroatoms. The summed E-state index contributed by atoms with van der Waals surface area (Å²) in [5.74, 6) is 1.35. The normalized spacial score (nSPS) is 11.6. The molecule has 0 unspecified atom stereocenters. The van der Waals surface area contributed by atoms with Gasteiger partial charge in [0.05, 0.1) is 12.9 Å². The summed E-state index contributed by atoms with van der Waals surface area (Å²) in [6.45, 7) is 2.05. The number of carbonyl (C=O) groups excluding carboxylic acids is 2. The number of benzene rings is 2. The Hall–Kier alpha value is -1.89. The second-order valence-electron chi connectivity index (χ2n) is 6.60. The van der Waals surface area contributed by atoms with Gasteiger partial charge < -0.3 is 15.0 Å². The Kier molecular flexibility index (Phi) is 9.82. The molecule has 0 saturated heterocycles. The van der Waals surface area contributed by atoms with E-state index in [4.69, 9.17) is 27.9 Å². The Morgan fingerprint density at radius 2 is 1.77 bits per heavy atom. The van der Waals surface area contributed by atoms with Crippen molar-refractivity contribution in [1.82, 2.24) is 10.2 Å². The lowest BCUT2D eigenvalue weighted by molar-refractivity contribution is -0.139. The maximum atomic E-state index is 13.1. The molecule has 2 aromatic carbocycles. The first kappa shape index (κ1) is 24.4. The molecule has 2 rings (SSSR count). The topological polar surface area (TPSA) is 58.6 Å². The van der Waals surface area contributed by atoms with Gasteiger partial charge in [-0.1, -0.05) is 48.3 Å². The molecule has 2 aromatic rings. The van der Waals surface area contributed by atoms with Crippen LogP contribution in [0.1, 0.15) is 24.5 Å². The maximum absolute atomic E-state index is 13.1. The lowest BCUT2D eigenvalue weighted by Crippen LogP contribution is -2.48. The highest BCUT2D eigenvalue weighted by atomic mass is 35.5. The van der Waals surface area contributed by atoms with Gasteiger partial charge >= 0.3 is 0 Å². The van der Waals surface area contributed by atoms with E-state index < -0.39 is 6.04 Å². The van der Waals surface area contributed by atoms with Crippen molar-refractivity contribution in [3.05, 3.63) is 63.6 Å². The fourth-order valence-corrected chi connectivity index (χ4v) is 4.39. The van der Waals surface area contributed by atoms with Crippen LogP contribution in [0.2, 0.25) is 10.0 Å². The van der Waals surface area contributed by atoms with Gasteiger partial charge in [-0.25, -0.2) is 0 Å². The standard InChI is InChI=1S/C22H26Cl2N2O3S/c1-4-20(22(28)25-2)26(12-17-18(23)6-5-7-19(17)24)21(27)14-30-13-15-8-10-16(29-3)11-9-15/h5-11,20H,4,12-14H2,1-3H3,(H,25,28)/t20-/m0/s1. The molecule has 30 heavy (non-hydrogen) atoms. The van der Waals surface area contributed by atoms with E-state index in [1.54, 1.807) is 37.3 Å². The molecule has 0 saturated carbocycles. The number of rotatable bonds is 10. The molecule has 162 valence electrons. The third kappa shape index (κ3) is 6.56. The number of ether oxygens (including phenoxy) is 1. The number of halogens is 2. The fraction of sp³-hybridized carbons (Fsp3) is 0.364. The highest BCUT2D eigenvalue weighted by Gasteiger charge is 2.29. The van der Waals surface area contributed by atoms with Crippen molar-refractivity contribution in [2.24, 2.45) is 0 Å². The van der Waals surface area contributed by atoms with Crippen LogP contribution in [0.25, 0.3) is 0 Å². The number of nitrogens with zero attached hydrogens (tertiary/aromatic N) is 1. The molecule has 0 aliphatic heterocycles. The minimum atomic E-state index is -0.601. The van der Waals surface area contributed by atoms with E-state index in [1.807, 2.05) is 31.2 Å². The number of methoxy groups -OCH3 is 1. The maximum Gasteiger partial charge on any atom is 0.242 e. The van der Waals surface area contributed by atoms with Gasteiger partial charge in [-0.3, -0.25) is 9.59 Å². The molecule has 0 aliphatic carbocycles. The van der Waals surface area contributed by atoms with E-state index in [0.717, 1.165) is 11.3 Å². The van der Waals surface area contributed by atoms with Gasteiger partial charge in [-0.2, -0.15) is 0 Å². The predicted octanol–water partition coefficient (Wildman–Crippen LogP) is 4.79. The molecular formula is C22H26Cl2N2O3S. The Morgan fingerprint density at radius 1 is 1.13 bits per heavy atom. The lowest BCUT2D eigenvalue weighted by atomic mass is 10.1. The molecular weight excluding hydrogens is 443 g/mol. The van der Waals surface area contributed by atoms with E-state index in [-0.39, 0.29) is 24.1 Å². The van der Waals surface area contributed by atoms with Crippen LogP contribution in [-0.2, 0) is 21.9 Å². The monoisotopic (exact) mass is 468 g/mol. The van der Waals surface area contributed by atoms with Crippen molar-refractivity contribution in [2.75, 3.05) is 19.9 Å². The van der Waals surface area contributed by atoms with Gasteiger partial charge in [-0.15, -0.1) is 11.8 Å². The summed E-state index contributed by atoms with van der Waals surface area (Å²) in [6.07, 6.45) is 0.483. The molecule has 0 spiro atoms. The first-order valence-electron chi connectivity index (χ1n) is 9.55. The van der Waals surface area contributed by atoms with Gasteiger partial charge in [-0.05, 0) is 36.2 Å². The Labute approximate surface area is 192 Å². The van der Waals surface area contributed by atoms with Gasteiger partial charge in [0.25, 0.3) is 0 Å². The minimum Gasteiger partial charge on any atom is -0.497 e. The van der Waals surface area contributed by atoms with E-state index in [2.05, 4.69) is 5.32 Å². The summed E-state index contributed by atoms with van der Waals surface area (Å²) in [5.41, 5.74) is 1.73. The number of hydrogen-bond acceptors (Lipinski definition) is 4. The minimum absolute atomic E-state index is 0.139. The van der Waals surface area contributed by atoms with Crippen LogP contribution in [0, 0.1) is 0 Å². The largest absolute Gasteiger partial charge is 0.497 e. The van der Waals surface area contributed by atoms with E-state index >= 15 is 0 Å². The molecule has 0 bridgehead atoms. The smallest absolute Gasteiger partial charge is 0.242 e. The molecule has 0 heterocycles. The second kappa shape index (κ2) is 12.1.